The summed E-state index contributed by atoms with van der Waals surface area (Å²) >= 11 is 0. The Hall–Kier alpha value is -1.76. The number of hydrogen-bond donors (Lipinski definition) is 3. The molecule has 0 amide bonds. The Bertz CT molecular complexity index is 418. The second kappa shape index (κ2) is 6.25. The van der Waals surface area contributed by atoms with Gasteiger partial charge in [-0.05, 0) is 11.6 Å². The van der Waals surface area contributed by atoms with Gasteiger partial charge in [-0.1, -0.05) is 23.4 Å². The largest absolute Gasteiger partial charge is 0.409 e. The fourth-order valence-corrected chi connectivity index (χ4v) is 1.36. The Morgan fingerprint density at radius 1 is 1.39 bits per heavy atom. The highest BCUT2D eigenvalue weighted by molar-refractivity contribution is 5.97. The van der Waals surface area contributed by atoms with E-state index in [0.717, 1.165) is 5.56 Å². The summed E-state index contributed by atoms with van der Waals surface area (Å²) in [4.78, 5) is 0. The third-order valence-corrected chi connectivity index (χ3v) is 2.24. The summed E-state index contributed by atoms with van der Waals surface area (Å²) < 4.78 is 35.7. The highest BCUT2D eigenvalue weighted by Gasteiger charge is 2.25. The summed E-state index contributed by atoms with van der Waals surface area (Å²) in [6.45, 7) is 0.153. The smallest absolute Gasteiger partial charge is 0.390 e. The van der Waals surface area contributed by atoms with Crippen molar-refractivity contribution in [3.8, 4) is 0 Å². The van der Waals surface area contributed by atoms with E-state index in [-0.39, 0.29) is 12.4 Å². The SMILES string of the molecule is NC(=NO)c1cccc(CNCCC(F)(F)F)c1. The average Bonchev–Trinajstić information content (AvgIpc) is 2.33. The van der Waals surface area contributed by atoms with Gasteiger partial charge >= 0.3 is 6.18 Å². The molecule has 100 valence electrons. The minimum Gasteiger partial charge on any atom is -0.409 e. The van der Waals surface area contributed by atoms with Gasteiger partial charge in [0, 0.05) is 18.7 Å². The zero-order valence-corrected chi connectivity index (χ0v) is 9.54. The number of nitrogens with zero attached hydrogens (tertiary/aromatic N) is 1. The number of nitrogens with one attached hydrogen (secondary N) is 1. The molecule has 0 saturated heterocycles. The second-order valence-electron chi connectivity index (χ2n) is 3.73. The maximum atomic E-state index is 11.9. The third-order valence-electron chi connectivity index (χ3n) is 2.24. The van der Waals surface area contributed by atoms with E-state index in [2.05, 4.69) is 10.5 Å². The summed E-state index contributed by atoms with van der Waals surface area (Å²) in [6, 6.07) is 6.73. The topological polar surface area (TPSA) is 70.6 Å². The van der Waals surface area contributed by atoms with Gasteiger partial charge < -0.3 is 16.3 Å². The fourth-order valence-electron chi connectivity index (χ4n) is 1.36. The number of oxime groups is 1. The quantitative estimate of drug-likeness (QED) is 0.249. The van der Waals surface area contributed by atoms with Crippen molar-refractivity contribution in [1.29, 1.82) is 0 Å². The third kappa shape index (κ3) is 5.05. The van der Waals surface area contributed by atoms with Crippen LogP contribution in [0.4, 0.5) is 13.2 Å². The minimum atomic E-state index is -4.15. The molecule has 1 aromatic rings. The average molecular weight is 261 g/mol. The maximum Gasteiger partial charge on any atom is 0.390 e. The molecular formula is C11H14F3N3O. The van der Waals surface area contributed by atoms with Gasteiger partial charge in [-0.15, -0.1) is 0 Å². The first-order valence-electron chi connectivity index (χ1n) is 5.26. The molecule has 0 aliphatic rings. The first-order valence-corrected chi connectivity index (χ1v) is 5.26. The van der Waals surface area contributed by atoms with Gasteiger partial charge in [-0.3, -0.25) is 0 Å². The van der Waals surface area contributed by atoms with Crippen molar-refractivity contribution in [1.82, 2.24) is 5.32 Å². The van der Waals surface area contributed by atoms with Crippen LogP contribution in [0, 0.1) is 0 Å². The molecular weight excluding hydrogens is 247 g/mol. The van der Waals surface area contributed by atoms with Gasteiger partial charge in [0.15, 0.2) is 5.84 Å². The van der Waals surface area contributed by atoms with E-state index in [1.165, 1.54) is 0 Å². The lowest BCUT2D eigenvalue weighted by atomic mass is 10.1. The van der Waals surface area contributed by atoms with Gasteiger partial charge in [0.1, 0.15) is 0 Å². The Morgan fingerprint density at radius 2 is 2.11 bits per heavy atom. The number of rotatable bonds is 5. The zero-order valence-electron chi connectivity index (χ0n) is 9.54. The molecule has 0 bridgehead atoms. The molecule has 0 atom stereocenters. The highest BCUT2D eigenvalue weighted by atomic mass is 19.4. The van der Waals surface area contributed by atoms with Gasteiger partial charge in [0.05, 0.1) is 6.42 Å². The van der Waals surface area contributed by atoms with Gasteiger partial charge in [-0.2, -0.15) is 13.2 Å². The molecule has 0 aromatic heterocycles. The van der Waals surface area contributed by atoms with E-state index in [9.17, 15) is 13.2 Å². The molecule has 0 aliphatic heterocycles. The number of amidine groups is 1. The Labute approximate surface area is 102 Å². The van der Waals surface area contributed by atoms with Crippen LogP contribution in [-0.2, 0) is 6.54 Å². The predicted octanol–water partition coefficient (Wildman–Crippen LogP) is 1.82. The Balaban J connectivity index is 2.48. The van der Waals surface area contributed by atoms with Crippen molar-refractivity contribution >= 4 is 5.84 Å². The van der Waals surface area contributed by atoms with Gasteiger partial charge in [0.25, 0.3) is 0 Å². The molecule has 4 N–H and O–H groups in total. The molecule has 1 rings (SSSR count). The molecule has 0 unspecified atom stereocenters. The summed E-state index contributed by atoms with van der Waals surface area (Å²) in [6.07, 6.45) is -5.02. The zero-order chi connectivity index (χ0) is 13.6. The molecule has 0 heterocycles. The molecule has 1 aromatic carbocycles. The maximum absolute atomic E-state index is 11.9. The van der Waals surface area contributed by atoms with Gasteiger partial charge in [-0.25, -0.2) is 0 Å². The predicted molar refractivity (Wildman–Crippen MR) is 61.3 cm³/mol. The lowest BCUT2D eigenvalue weighted by Gasteiger charge is -2.08. The van der Waals surface area contributed by atoms with Crippen molar-refractivity contribution in [3.63, 3.8) is 0 Å². The van der Waals surface area contributed by atoms with E-state index in [0.29, 0.717) is 12.1 Å². The molecule has 18 heavy (non-hydrogen) atoms. The van der Waals surface area contributed by atoms with E-state index < -0.39 is 12.6 Å². The number of benzene rings is 1. The first kappa shape index (κ1) is 14.3. The van der Waals surface area contributed by atoms with Crippen LogP contribution in [0.2, 0.25) is 0 Å². The molecule has 0 radical (unpaired) electrons. The summed E-state index contributed by atoms with van der Waals surface area (Å²) in [5.41, 5.74) is 6.69. The van der Waals surface area contributed by atoms with E-state index in [1.54, 1.807) is 24.3 Å². The lowest BCUT2D eigenvalue weighted by Crippen LogP contribution is -2.21. The van der Waals surface area contributed by atoms with Crippen LogP contribution < -0.4 is 11.1 Å². The Kier molecular flexibility index (Phi) is 4.96. The van der Waals surface area contributed by atoms with Crippen molar-refractivity contribution in [2.75, 3.05) is 6.54 Å². The summed E-state index contributed by atoms with van der Waals surface area (Å²) in [7, 11) is 0. The summed E-state index contributed by atoms with van der Waals surface area (Å²) in [5, 5.41) is 14.0. The van der Waals surface area contributed by atoms with E-state index >= 15 is 0 Å². The standard InChI is InChI=1S/C11H14F3N3O/c12-11(13,14)4-5-16-7-8-2-1-3-9(6-8)10(15)17-18/h1-3,6,16,18H,4-5,7H2,(H2,15,17). The van der Waals surface area contributed by atoms with Crippen molar-refractivity contribution in [2.45, 2.75) is 19.1 Å². The van der Waals surface area contributed by atoms with Crippen LogP contribution in [0.5, 0.6) is 0 Å². The van der Waals surface area contributed by atoms with Gasteiger partial charge in [0.2, 0.25) is 0 Å². The van der Waals surface area contributed by atoms with E-state index in [1.807, 2.05) is 0 Å². The van der Waals surface area contributed by atoms with Crippen LogP contribution in [0.25, 0.3) is 0 Å². The van der Waals surface area contributed by atoms with Crippen LogP contribution in [0.3, 0.4) is 0 Å². The van der Waals surface area contributed by atoms with Crippen LogP contribution in [0.15, 0.2) is 29.4 Å². The van der Waals surface area contributed by atoms with Crippen molar-refractivity contribution in [3.05, 3.63) is 35.4 Å². The molecule has 7 heteroatoms. The normalized spacial score (nSPS) is 12.7. The molecule has 0 aliphatic carbocycles. The fraction of sp³-hybridized carbons (Fsp3) is 0.364. The first-order chi connectivity index (χ1) is 8.42. The highest BCUT2D eigenvalue weighted by Crippen LogP contribution is 2.18. The second-order valence-corrected chi connectivity index (χ2v) is 3.73. The van der Waals surface area contributed by atoms with E-state index in [4.69, 9.17) is 10.9 Å². The van der Waals surface area contributed by atoms with Crippen molar-refractivity contribution in [2.24, 2.45) is 10.9 Å². The number of alkyl halides is 3. The van der Waals surface area contributed by atoms with Crippen LogP contribution in [-0.4, -0.2) is 23.8 Å². The minimum absolute atomic E-state index is 0.0351. The molecule has 0 fully saturated rings. The summed E-state index contributed by atoms with van der Waals surface area (Å²) in [5.74, 6) is -0.0351. The number of nitrogens with two attached hydrogens (primary N) is 1. The van der Waals surface area contributed by atoms with Crippen molar-refractivity contribution < 1.29 is 18.4 Å². The molecule has 4 nitrogen and oxygen atoms in total. The number of halogens is 3. The molecule has 0 spiro atoms. The Morgan fingerprint density at radius 3 is 2.72 bits per heavy atom. The lowest BCUT2D eigenvalue weighted by molar-refractivity contribution is -0.133. The van der Waals surface area contributed by atoms with Crippen LogP contribution in [0.1, 0.15) is 17.5 Å². The monoisotopic (exact) mass is 261 g/mol. The van der Waals surface area contributed by atoms with Crippen LogP contribution >= 0.6 is 0 Å². The number of hydrogen-bond acceptors (Lipinski definition) is 3. The molecule has 0 saturated carbocycles.